The Morgan fingerprint density at radius 1 is 0.841 bits per heavy atom. The van der Waals surface area contributed by atoms with Crippen LogP contribution in [0.25, 0.3) is 0 Å². The number of ether oxygens (including phenoxy) is 1. The normalized spacial score (nSPS) is 19.6. The van der Waals surface area contributed by atoms with Crippen LogP contribution in [0.5, 0.6) is 0 Å². The Bertz CT molecular complexity index is 1050. The third kappa shape index (κ3) is 8.25. The van der Waals surface area contributed by atoms with Crippen molar-refractivity contribution in [3.63, 3.8) is 0 Å². The van der Waals surface area contributed by atoms with Crippen molar-refractivity contribution in [1.82, 2.24) is 0 Å². The average Bonchev–Trinajstić information content (AvgIpc) is 3.44. The van der Waals surface area contributed by atoms with E-state index < -0.39 is 16.6 Å². The lowest BCUT2D eigenvalue weighted by Gasteiger charge is -2.46. The minimum absolute atomic E-state index is 0.0560. The maximum absolute atomic E-state index is 7.71. The van der Waals surface area contributed by atoms with Crippen LogP contribution < -0.4 is 10.4 Å². The van der Waals surface area contributed by atoms with Crippen molar-refractivity contribution in [2.75, 3.05) is 0 Å². The first-order valence-electron chi connectivity index (χ1n) is 17.6. The monoisotopic (exact) mass is 636 g/mol. The molecule has 44 heavy (non-hydrogen) atoms. The lowest BCUT2D eigenvalue weighted by atomic mass is 10.0. The number of benzene rings is 2. The summed E-state index contributed by atoms with van der Waals surface area (Å²) in [5.74, 6) is 0. The largest absolute Gasteiger partial charge is 0.413 e. The van der Waals surface area contributed by atoms with Crippen molar-refractivity contribution in [3.8, 4) is 0 Å². The fraction of sp³-hybridized carbons (Fsp3) is 0.641. The fourth-order valence-electron chi connectivity index (χ4n) is 8.19. The van der Waals surface area contributed by atoms with Gasteiger partial charge in [0, 0.05) is 0 Å². The van der Waals surface area contributed by atoms with Gasteiger partial charge in [0.25, 0.3) is 8.32 Å². The number of hydrogen-bond acceptors (Lipinski definition) is 3. The van der Waals surface area contributed by atoms with E-state index in [0.717, 1.165) is 44.9 Å². The van der Waals surface area contributed by atoms with E-state index in [2.05, 4.69) is 136 Å². The Morgan fingerprint density at radius 3 is 1.80 bits per heavy atom. The summed E-state index contributed by atoms with van der Waals surface area (Å²) >= 11 is 0. The molecule has 1 heterocycles. The molecule has 0 N–H and O–H groups in total. The van der Waals surface area contributed by atoms with Gasteiger partial charge in [0.2, 0.25) is 8.32 Å². The van der Waals surface area contributed by atoms with E-state index in [0.29, 0.717) is 16.6 Å². The van der Waals surface area contributed by atoms with Gasteiger partial charge in [0.05, 0.1) is 24.4 Å². The van der Waals surface area contributed by atoms with Crippen LogP contribution >= 0.6 is 0 Å². The molecule has 3 rings (SSSR count). The Kier molecular flexibility index (Phi) is 13.7. The Morgan fingerprint density at radius 2 is 1.36 bits per heavy atom. The van der Waals surface area contributed by atoms with Gasteiger partial charge in [-0.2, -0.15) is 0 Å². The lowest BCUT2D eigenvalue weighted by molar-refractivity contribution is -0.0427. The van der Waals surface area contributed by atoms with Crippen LogP contribution in [0.3, 0.4) is 0 Å². The highest BCUT2D eigenvalue weighted by Gasteiger charge is 2.53. The molecule has 0 aromatic heterocycles. The summed E-state index contributed by atoms with van der Waals surface area (Å²) in [4.78, 5) is 0. The van der Waals surface area contributed by atoms with Crippen LogP contribution in [-0.4, -0.2) is 41.1 Å². The van der Waals surface area contributed by atoms with Crippen molar-refractivity contribution in [2.45, 2.75) is 160 Å². The van der Waals surface area contributed by atoms with Crippen LogP contribution in [0.2, 0.25) is 21.7 Å². The predicted octanol–water partition coefficient (Wildman–Crippen LogP) is 10.2. The molecule has 1 saturated heterocycles. The summed E-state index contributed by atoms with van der Waals surface area (Å²) in [7, 11) is -4.69. The second-order valence-corrected chi connectivity index (χ2v) is 24.8. The maximum atomic E-state index is 7.71. The van der Waals surface area contributed by atoms with Gasteiger partial charge < -0.3 is 13.6 Å². The molecule has 1 aliphatic heterocycles. The van der Waals surface area contributed by atoms with Crippen LogP contribution in [0.1, 0.15) is 114 Å². The molecule has 2 aromatic carbocycles. The predicted molar refractivity (Wildman–Crippen MR) is 195 cm³/mol. The molecule has 3 nitrogen and oxygen atoms in total. The van der Waals surface area contributed by atoms with E-state index in [-0.39, 0.29) is 29.5 Å². The van der Waals surface area contributed by atoms with Gasteiger partial charge in [0.15, 0.2) is 0 Å². The third-order valence-corrected chi connectivity index (χ3v) is 21.4. The molecule has 1 fully saturated rings. The summed E-state index contributed by atoms with van der Waals surface area (Å²) in [6, 6.07) is 22.1. The van der Waals surface area contributed by atoms with E-state index >= 15 is 0 Å². The Hall–Kier alpha value is -1.51. The summed E-state index contributed by atoms with van der Waals surface area (Å²) < 4.78 is 22.0. The lowest BCUT2D eigenvalue weighted by Crippen LogP contribution is -2.68. The van der Waals surface area contributed by atoms with Crippen molar-refractivity contribution in [3.05, 3.63) is 73.3 Å². The molecule has 1 aliphatic rings. The highest BCUT2D eigenvalue weighted by Crippen LogP contribution is 2.45. The van der Waals surface area contributed by atoms with Crippen molar-refractivity contribution < 1.29 is 13.6 Å². The van der Waals surface area contributed by atoms with E-state index in [1.807, 2.05) is 6.08 Å². The van der Waals surface area contributed by atoms with Gasteiger partial charge in [-0.3, -0.25) is 0 Å². The average molecular weight is 637 g/mol. The summed E-state index contributed by atoms with van der Waals surface area (Å²) in [6.45, 7) is 27.8. The molecule has 4 atom stereocenters. The zero-order chi connectivity index (χ0) is 32.5. The second kappa shape index (κ2) is 16.4. The van der Waals surface area contributed by atoms with Crippen molar-refractivity contribution >= 4 is 27.0 Å². The van der Waals surface area contributed by atoms with Crippen LogP contribution in [-0.2, 0) is 13.6 Å². The van der Waals surface area contributed by atoms with E-state index in [4.69, 9.17) is 13.6 Å². The van der Waals surface area contributed by atoms with Crippen LogP contribution in [0.4, 0.5) is 0 Å². The topological polar surface area (TPSA) is 27.7 Å². The molecule has 0 unspecified atom stereocenters. The van der Waals surface area contributed by atoms with E-state index in [1.54, 1.807) is 0 Å². The molecule has 5 heteroatoms. The van der Waals surface area contributed by atoms with Gasteiger partial charge in [-0.15, -0.1) is 6.58 Å². The minimum Gasteiger partial charge on any atom is -0.413 e. The second-order valence-electron chi connectivity index (χ2n) is 15.2. The smallest absolute Gasteiger partial charge is 0.261 e. The maximum Gasteiger partial charge on any atom is 0.261 e. The zero-order valence-corrected chi connectivity index (χ0v) is 31.8. The Labute approximate surface area is 273 Å². The summed E-state index contributed by atoms with van der Waals surface area (Å²) in [5, 5.41) is 2.62. The minimum atomic E-state index is -2.68. The fourth-order valence-corrected chi connectivity index (χ4v) is 18.5. The molecule has 0 spiro atoms. The molecule has 2 aromatic rings. The third-order valence-electron chi connectivity index (χ3n) is 10.2. The molecular formula is C39H64O3Si2. The summed E-state index contributed by atoms with van der Waals surface area (Å²) in [6.07, 6.45) is 9.78. The molecule has 0 radical (unpaired) electrons. The molecule has 0 aliphatic carbocycles. The van der Waals surface area contributed by atoms with E-state index in [9.17, 15) is 0 Å². The van der Waals surface area contributed by atoms with Crippen molar-refractivity contribution in [1.29, 1.82) is 0 Å². The molecule has 0 saturated carbocycles. The molecule has 246 valence electrons. The quantitative estimate of drug-likeness (QED) is 0.128. The van der Waals surface area contributed by atoms with Gasteiger partial charge in [-0.05, 0) is 64.1 Å². The van der Waals surface area contributed by atoms with Gasteiger partial charge in [0.1, 0.15) is 0 Å². The molecular weight excluding hydrogens is 573 g/mol. The molecule has 0 amide bonds. The first-order valence-corrected chi connectivity index (χ1v) is 21.6. The van der Waals surface area contributed by atoms with Gasteiger partial charge in [-0.1, -0.05) is 149 Å². The van der Waals surface area contributed by atoms with Crippen LogP contribution in [0.15, 0.2) is 73.3 Å². The first kappa shape index (κ1) is 37.0. The van der Waals surface area contributed by atoms with Gasteiger partial charge >= 0.3 is 0 Å². The number of rotatable bonds is 17. The van der Waals surface area contributed by atoms with E-state index in [1.165, 1.54) is 10.4 Å². The highest BCUT2D eigenvalue weighted by atomic mass is 28.4. The first-order chi connectivity index (χ1) is 20.8. The van der Waals surface area contributed by atoms with Crippen molar-refractivity contribution in [2.24, 2.45) is 0 Å². The summed E-state index contributed by atoms with van der Waals surface area (Å²) in [5.41, 5.74) is 1.68. The molecule has 0 bridgehead atoms. The zero-order valence-electron chi connectivity index (χ0n) is 29.8. The van der Waals surface area contributed by atoms with Crippen LogP contribution in [0, 0.1) is 0 Å². The number of unbranched alkanes of at least 4 members (excludes halogenated alkanes) is 1. The highest BCUT2D eigenvalue weighted by molar-refractivity contribution is 6.99. The van der Waals surface area contributed by atoms with Gasteiger partial charge in [-0.25, -0.2) is 0 Å². The number of hydrogen-bond donors (Lipinski definition) is 0. The Balaban J connectivity index is 1.92. The SMILES string of the molecule is C=CC[C@H](C[C@H]1CC[C@H]([C@@H](CCCC)O[Si](c2ccccc2)(c2ccccc2)C(C)(C)C)O1)O[Si](C(C)C)(C(C)C)C(C)C. The standard InChI is InChI=1S/C39H64O3Si2/c1-12-14-26-38(42-44(39(9,10)11,35-22-17-15-18-23-35)36-24-19-16-20-25-36)37-28-27-33(40-37)29-34(21-13-2)41-43(30(3)4,31(5)6)32(7)8/h13,15-20,22-25,30-34,37-38H,2,12,14,21,26-29H2,1,3-11H3/t33-,34-,37-,38-/m1/s1.